The summed E-state index contributed by atoms with van der Waals surface area (Å²) < 4.78 is 65.8. The van der Waals surface area contributed by atoms with Crippen LogP contribution in [-0.2, 0) is 16.4 Å². The number of ether oxygens (including phenoxy) is 2. The van der Waals surface area contributed by atoms with Gasteiger partial charge in [0.15, 0.2) is 27.1 Å². The molecule has 1 aliphatic heterocycles. The standard InChI is InChI=1S/C25H20F2N2O6S/c1-36(32,33)13-19(30)23-21(16-3-2-8-28-25(16)31)22-18(6-7-20-24(22)35-10-9-34-20)29(23)12-14-11-15(26)4-5-17(14)27/h2-8,11H,9-10,12-13H2,1H3,(H,28,31). The van der Waals surface area contributed by atoms with E-state index in [2.05, 4.69) is 4.98 Å². The van der Waals surface area contributed by atoms with E-state index < -0.39 is 38.6 Å². The van der Waals surface area contributed by atoms with Crippen molar-refractivity contribution in [2.75, 3.05) is 25.2 Å². The number of carbonyl (C=O) groups excluding carboxylic acids is 1. The lowest BCUT2D eigenvalue weighted by Gasteiger charge is -2.19. The zero-order valence-corrected chi connectivity index (χ0v) is 19.8. The van der Waals surface area contributed by atoms with Crippen molar-refractivity contribution in [1.82, 2.24) is 9.55 Å². The highest BCUT2D eigenvalue weighted by molar-refractivity contribution is 7.91. The predicted octanol–water partition coefficient (Wildman–Crippen LogP) is 3.32. The molecule has 0 unspecified atom stereocenters. The lowest BCUT2D eigenvalue weighted by Crippen LogP contribution is -2.20. The second kappa shape index (κ2) is 8.90. The van der Waals surface area contributed by atoms with Crippen LogP contribution in [0.3, 0.4) is 0 Å². The first-order valence-corrected chi connectivity index (χ1v) is 13.0. The second-order valence-electron chi connectivity index (χ2n) is 8.44. The number of aromatic amines is 1. The first-order chi connectivity index (χ1) is 17.1. The number of hydrogen-bond donors (Lipinski definition) is 1. The van der Waals surface area contributed by atoms with Crippen LogP contribution in [0.4, 0.5) is 8.78 Å². The molecule has 0 radical (unpaired) electrons. The maximum absolute atomic E-state index is 14.7. The summed E-state index contributed by atoms with van der Waals surface area (Å²) in [6.45, 7) is 0.178. The SMILES string of the molecule is CS(=O)(=O)CC(=O)c1c(-c2ccc[nH]c2=O)c2c3c(ccc2n1Cc1cc(F)ccc1F)OCCO3. The number of carbonyl (C=O) groups is 1. The van der Waals surface area contributed by atoms with Gasteiger partial charge in [-0.25, -0.2) is 17.2 Å². The average molecular weight is 515 g/mol. The number of fused-ring (bicyclic) bond motifs is 3. The normalized spacial score (nSPS) is 13.2. The van der Waals surface area contributed by atoms with E-state index in [1.807, 2.05) is 0 Å². The molecule has 1 aliphatic rings. The van der Waals surface area contributed by atoms with Gasteiger partial charge in [0.2, 0.25) is 0 Å². The van der Waals surface area contributed by atoms with Gasteiger partial charge < -0.3 is 19.0 Å². The molecule has 0 saturated heterocycles. The first-order valence-electron chi connectivity index (χ1n) is 10.9. The van der Waals surface area contributed by atoms with Gasteiger partial charge in [0.25, 0.3) is 5.56 Å². The minimum absolute atomic E-state index is 0.0660. The molecule has 4 aromatic rings. The van der Waals surface area contributed by atoms with Crippen molar-refractivity contribution in [2.24, 2.45) is 0 Å². The molecule has 0 atom stereocenters. The first kappa shape index (κ1) is 23.7. The molecule has 0 spiro atoms. The van der Waals surface area contributed by atoms with Crippen LogP contribution < -0.4 is 15.0 Å². The zero-order chi connectivity index (χ0) is 25.6. The van der Waals surface area contributed by atoms with Crippen LogP contribution in [0.5, 0.6) is 11.5 Å². The monoisotopic (exact) mass is 514 g/mol. The Hall–Kier alpha value is -3.99. The molecule has 186 valence electrons. The van der Waals surface area contributed by atoms with Crippen molar-refractivity contribution in [2.45, 2.75) is 6.54 Å². The van der Waals surface area contributed by atoms with Crippen LogP contribution in [0.15, 0.2) is 53.5 Å². The highest BCUT2D eigenvalue weighted by atomic mass is 32.2. The molecule has 2 aromatic heterocycles. The smallest absolute Gasteiger partial charge is 0.255 e. The predicted molar refractivity (Wildman–Crippen MR) is 128 cm³/mol. The molecule has 0 fully saturated rings. The molecule has 2 aromatic carbocycles. The van der Waals surface area contributed by atoms with Gasteiger partial charge in [-0.2, -0.15) is 0 Å². The number of H-pyrrole nitrogens is 1. The summed E-state index contributed by atoms with van der Waals surface area (Å²) >= 11 is 0. The summed E-state index contributed by atoms with van der Waals surface area (Å²) in [6.07, 6.45) is 2.33. The van der Waals surface area contributed by atoms with Gasteiger partial charge in [0.1, 0.15) is 30.6 Å². The minimum atomic E-state index is -3.78. The van der Waals surface area contributed by atoms with Gasteiger partial charge >= 0.3 is 0 Å². The second-order valence-corrected chi connectivity index (χ2v) is 10.6. The molecule has 1 N–H and O–H groups in total. The number of ketones is 1. The van der Waals surface area contributed by atoms with Crippen LogP contribution >= 0.6 is 0 Å². The Morgan fingerprint density at radius 2 is 1.89 bits per heavy atom. The highest BCUT2D eigenvalue weighted by Gasteiger charge is 2.31. The number of Topliss-reactive ketones (excluding diaryl/α,β-unsaturated/α-hetero) is 1. The third kappa shape index (κ3) is 4.26. The summed E-state index contributed by atoms with van der Waals surface area (Å²) in [4.78, 5) is 29.0. The van der Waals surface area contributed by atoms with Crippen molar-refractivity contribution >= 4 is 26.5 Å². The van der Waals surface area contributed by atoms with Crippen molar-refractivity contribution in [1.29, 1.82) is 0 Å². The minimum Gasteiger partial charge on any atom is -0.486 e. The molecule has 0 bridgehead atoms. The van der Waals surface area contributed by atoms with E-state index >= 15 is 0 Å². The fourth-order valence-corrected chi connectivity index (χ4v) is 5.03. The van der Waals surface area contributed by atoms with Gasteiger partial charge in [0, 0.05) is 29.1 Å². The number of sulfone groups is 1. The van der Waals surface area contributed by atoms with E-state index in [0.29, 0.717) is 16.7 Å². The van der Waals surface area contributed by atoms with Crippen LogP contribution in [0.2, 0.25) is 0 Å². The topological polar surface area (TPSA) is 107 Å². The fraction of sp³-hybridized carbons (Fsp3) is 0.200. The Bertz CT molecular complexity index is 1690. The van der Waals surface area contributed by atoms with E-state index in [0.717, 1.165) is 24.5 Å². The molecule has 11 heteroatoms. The van der Waals surface area contributed by atoms with Crippen molar-refractivity contribution < 1.29 is 31.5 Å². The van der Waals surface area contributed by atoms with E-state index in [-0.39, 0.29) is 47.9 Å². The number of benzene rings is 2. The Morgan fingerprint density at radius 3 is 2.64 bits per heavy atom. The van der Waals surface area contributed by atoms with Crippen LogP contribution in [0.1, 0.15) is 16.1 Å². The summed E-state index contributed by atoms with van der Waals surface area (Å²) in [5.74, 6) is -2.42. The number of halogens is 2. The summed E-state index contributed by atoms with van der Waals surface area (Å²) in [7, 11) is -3.78. The van der Waals surface area contributed by atoms with Gasteiger partial charge in [-0.3, -0.25) is 9.59 Å². The Kier molecular flexibility index (Phi) is 5.87. The third-order valence-electron chi connectivity index (χ3n) is 5.82. The Labute approximate surface area is 204 Å². The van der Waals surface area contributed by atoms with Gasteiger partial charge in [-0.05, 0) is 42.5 Å². The molecule has 3 heterocycles. The van der Waals surface area contributed by atoms with Gasteiger partial charge in [-0.15, -0.1) is 0 Å². The van der Waals surface area contributed by atoms with Crippen LogP contribution in [0, 0.1) is 11.6 Å². The lowest BCUT2D eigenvalue weighted by atomic mass is 10.0. The number of aromatic nitrogens is 2. The van der Waals surface area contributed by atoms with Crippen LogP contribution in [-0.4, -0.2) is 49.0 Å². The number of pyridine rings is 1. The van der Waals surface area contributed by atoms with Crippen molar-refractivity contribution in [3.8, 4) is 22.6 Å². The molecule has 36 heavy (non-hydrogen) atoms. The van der Waals surface area contributed by atoms with Crippen molar-refractivity contribution in [3.05, 3.63) is 81.9 Å². The summed E-state index contributed by atoms with van der Waals surface area (Å²) in [5, 5.41) is 0.331. The zero-order valence-electron chi connectivity index (χ0n) is 19.0. The van der Waals surface area contributed by atoms with Crippen molar-refractivity contribution in [3.63, 3.8) is 0 Å². The fourth-order valence-electron chi connectivity index (χ4n) is 4.42. The summed E-state index contributed by atoms with van der Waals surface area (Å²) in [5.41, 5.74) is -0.170. The quantitative estimate of drug-likeness (QED) is 0.396. The van der Waals surface area contributed by atoms with Gasteiger partial charge in [-0.1, -0.05) is 0 Å². The highest BCUT2D eigenvalue weighted by Crippen LogP contribution is 2.45. The molecule has 0 amide bonds. The number of rotatable bonds is 6. The lowest BCUT2D eigenvalue weighted by molar-refractivity contribution is 0.101. The van der Waals surface area contributed by atoms with E-state index in [1.54, 1.807) is 18.2 Å². The molecule has 0 aliphatic carbocycles. The third-order valence-corrected chi connectivity index (χ3v) is 6.60. The van der Waals surface area contributed by atoms with Gasteiger partial charge in [0.05, 0.1) is 23.1 Å². The van der Waals surface area contributed by atoms with E-state index in [9.17, 15) is 26.8 Å². The maximum Gasteiger partial charge on any atom is 0.255 e. The molecule has 5 rings (SSSR count). The number of nitrogens with one attached hydrogen (secondary N) is 1. The Balaban J connectivity index is 1.91. The molecular weight excluding hydrogens is 494 g/mol. The summed E-state index contributed by atoms with van der Waals surface area (Å²) in [6, 6.07) is 9.20. The maximum atomic E-state index is 14.7. The molecule has 0 saturated carbocycles. The average Bonchev–Trinajstić information content (AvgIpc) is 3.15. The Morgan fingerprint density at radius 1 is 1.11 bits per heavy atom. The molecule has 8 nitrogen and oxygen atoms in total. The number of nitrogens with zero attached hydrogens (tertiary/aromatic N) is 1. The van der Waals surface area contributed by atoms with Crippen LogP contribution in [0.25, 0.3) is 22.0 Å². The largest absolute Gasteiger partial charge is 0.486 e. The van der Waals surface area contributed by atoms with E-state index in [4.69, 9.17) is 9.47 Å². The number of hydrogen-bond acceptors (Lipinski definition) is 6. The van der Waals surface area contributed by atoms with E-state index in [1.165, 1.54) is 16.8 Å². The molecular formula is C25H20F2N2O6S.